The van der Waals surface area contributed by atoms with E-state index in [0.29, 0.717) is 17.2 Å². The average Bonchev–Trinajstić information content (AvgIpc) is 2.33. The number of carbonyl (C=O) groups is 1. The van der Waals surface area contributed by atoms with E-state index in [0.717, 1.165) is 25.7 Å². The first-order valence-corrected chi connectivity index (χ1v) is 8.46. The van der Waals surface area contributed by atoms with E-state index >= 15 is 0 Å². The minimum atomic E-state index is -0.381. The van der Waals surface area contributed by atoms with Crippen LogP contribution in [-0.4, -0.2) is 29.1 Å². The monoisotopic (exact) mass is 346 g/mol. The fraction of sp³-hybridized carbons (Fsp3) is 0.938. The predicted octanol–water partition coefficient (Wildman–Crippen LogP) is 4.08. The van der Waals surface area contributed by atoms with Gasteiger partial charge in [-0.15, -0.1) is 0 Å². The van der Waals surface area contributed by atoms with Crippen molar-refractivity contribution in [2.75, 3.05) is 7.11 Å². The summed E-state index contributed by atoms with van der Waals surface area (Å²) in [5.41, 5.74) is -0.290. The summed E-state index contributed by atoms with van der Waals surface area (Å²) in [4.78, 5) is 12.2. The Morgan fingerprint density at radius 3 is 2.50 bits per heavy atom. The van der Waals surface area contributed by atoms with Gasteiger partial charge in [0.1, 0.15) is 0 Å². The van der Waals surface area contributed by atoms with Crippen LogP contribution in [0.3, 0.4) is 0 Å². The maximum Gasteiger partial charge on any atom is 0.308 e. The second-order valence-corrected chi connectivity index (χ2v) is 8.64. The standard InChI is InChI=1S/C16H27BrO3/c1-14(2)11-6-8-15(3,10-13(18)19-5)20-16(11,4)9-7-12(14)17/h11-12H,6-10H2,1-5H3/t11-,12-,15-,16-/m0/s1. The Balaban J connectivity index is 2.18. The summed E-state index contributed by atoms with van der Waals surface area (Å²) in [5.74, 6) is 0.349. The van der Waals surface area contributed by atoms with Crippen LogP contribution in [0.2, 0.25) is 0 Å². The summed E-state index contributed by atoms with van der Waals surface area (Å²) in [6, 6.07) is 0. The molecule has 2 fully saturated rings. The van der Waals surface area contributed by atoms with Crippen LogP contribution < -0.4 is 0 Å². The van der Waals surface area contributed by atoms with Crippen molar-refractivity contribution in [3.05, 3.63) is 0 Å². The van der Waals surface area contributed by atoms with Crippen LogP contribution in [0.15, 0.2) is 0 Å². The quantitative estimate of drug-likeness (QED) is 0.558. The second-order valence-electron chi connectivity index (χ2n) is 7.54. The Hall–Kier alpha value is -0.0900. The summed E-state index contributed by atoms with van der Waals surface area (Å²) >= 11 is 3.85. The van der Waals surface area contributed by atoms with Crippen LogP contribution >= 0.6 is 15.9 Å². The summed E-state index contributed by atoms with van der Waals surface area (Å²) in [7, 11) is 1.44. The number of carbonyl (C=O) groups excluding carboxylic acids is 1. The molecule has 0 spiro atoms. The van der Waals surface area contributed by atoms with Gasteiger partial charge in [0.05, 0.1) is 24.7 Å². The molecule has 1 aliphatic carbocycles. The Morgan fingerprint density at radius 1 is 1.25 bits per heavy atom. The van der Waals surface area contributed by atoms with E-state index in [1.807, 2.05) is 0 Å². The lowest BCUT2D eigenvalue weighted by molar-refractivity contribution is -0.239. The van der Waals surface area contributed by atoms with Gasteiger partial charge in [-0.3, -0.25) is 4.79 Å². The lowest BCUT2D eigenvalue weighted by Gasteiger charge is -2.59. The van der Waals surface area contributed by atoms with Crippen LogP contribution in [0.25, 0.3) is 0 Å². The third-order valence-corrected chi connectivity index (χ3v) is 7.16. The molecule has 0 N–H and O–H groups in total. The number of ether oxygens (including phenoxy) is 2. The van der Waals surface area contributed by atoms with Crippen molar-refractivity contribution in [3.63, 3.8) is 0 Å². The molecule has 1 aliphatic heterocycles. The molecule has 0 amide bonds. The first-order valence-electron chi connectivity index (χ1n) is 7.54. The van der Waals surface area contributed by atoms with E-state index in [4.69, 9.17) is 9.47 Å². The number of halogens is 1. The maximum absolute atomic E-state index is 11.6. The van der Waals surface area contributed by atoms with Crippen LogP contribution in [0.1, 0.15) is 59.8 Å². The molecular formula is C16H27BrO3. The zero-order chi connectivity index (χ0) is 15.2. The van der Waals surface area contributed by atoms with Crippen molar-refractivity contribution >= 4 is 21.9 Å². The zero-order valence-electron chi connectivity index (χ0n) is 13.3. The van der Waals surface area contributed by atoms with Gasteiger partial charge in [0.2, 0.25) is 0 Å². The summed E-state index contributed by atoms with van der Waals surface area (Å²) in [6.07, 6.45) is 4.55. The number of fused-ring (bicyclic) bond motifs is 1. The highest BCUT2D eigenvalue weighted by molar-refractivity contribution is 9.09. The normalized spacial score (nSPS) is 43.7. The first kappa shape index (κ1) is 16.3. The van der Waals surface area contributed by atoms with Crippen LogP contribution in [-0.2, 0) is 14.3 Å². The predicted molar refractivity (Wildman–Crippen MR) is 83.0 cm³/mol. The number of hydrogen-bond acceptors (Lipinski definition) is 3. The molecule has 0 bridgehead atoms. The Morgan fingerprint density at radius 2 is 1.90 bits per heavy atom. The molecule has 4 heteroatoms. The van der Waals surface area contributed by atoms with Gasteiger partial charge in [-0.05, 0) is 50.9 Å². The van der Waals surface area contributed by atoms with Gasteiger partial charge in [-0.2, -0.15) is 0 Å². The molecule has 20 heavy (non-hydrogen) atoms. The van der Waals surface area contributed by atoms with Gasteiger partial charge >= 0.3 is 5.97 Å². The fourth-order valence-electron chi connectivity index (χ4n) is 4.33. The van der Waals surface area contributed by atoms with Crippen LogP contribution in [0.4, 0.5) is 0 Å². The third-order valence-electron chi connectivity index (χ3n) is 5.52. The van der Waals surface area contributed by atoms with Crippen molar-refractivity contribution in [1.82, 2.24) is 0 Å². The van der Waals surface area contributed by atoms with Crippen molar-refractivity contribution in [2.24, 2.45) is 11.3 Å². The first-order chi connectivity index (χ1) is 9.13. The van der Waals surface area contributed by atoms with Crippen molar-refractivity contribution in [1.29, 1.82) is 0 Å². The molecular weight excluding hydrogens is 320 g/mol. The largest absolute Gasteiger partial charge is 0.469 e. The number of alkyl halides is 1. The van der Waals surface area contributed by atoms with Crippen molar-refractivity contribution in [3.8, 4) is 0 Å². The summed E-state index contributed by atoms with van der Waals surface area (Å²) in [5, 5.41) is 0. The van der Waals surface area contributed by atoms with Gasteiger partial charge in [0, 0.05) is 4.83 Å². The van der Waals surface area contributed by atoms with Crippen molar-refractivity contribution < 1.29 is 14.3 Å². The minimum Gasteiger partial charge on any atom is -0.469 e. The third kappa shape index (κ3) is 2.78. The van der Waals surface area contributed by atoms with Gasteiger partial charge in [-0.25, -0.2) is 0 Å². The smallest absolute Gasteiger partial charge is 0.308 e. The molecule has 2 aliphatic rings. The Labute approximate surface area is 130 Å². The Kier molecular flexibility index (Phi) is 4.29. The SMILES string of the molecule is COC(=O)C[C@]1(C)CC[C@H]2C(C)(C)[C@@H](Br)CC[C@]2(C)O1. The maximum atomic E-state index is 11.6. The molecule has 0 aromatic heterocycles. The highest BCUT2D eigenvalue weighted by Crippen LogP contribution is 2.57. The average molecular weight is 347 g/mol. The summed E-state index contributed by atoms with van der Waals surface area (Å²) in [6.45, 7) is 8.95. The van der Waals surface area contributed by atoms with E-state index in [1.165, 1.54) is 7.11 Å². The zero-order valence-corrected chi connectivity index (χ0v) is 14.9. The molecule has 1 saturated heterocycles. The van der Waals surface area contributed by atoms with E-state index in [1.54, 1.807) is 0 Å². The Bertz CT molecular complexity index is 395. The molecule has 116 valence electrons. The topological polar surface area (TPSA) is 35.5 Å². The highest BCUT2D eigenvalue weighted by Gasteiger charge is 2.56. The second kappa shape index (κ2) is 5.28. The van der Waals surface area contributed by atoms with Crippen LogP contribution in [0.5, 0.6) is 0 Å². The lowest BCUT2D eigenvalue weighted by Crippen LogP contribution is -2.60. The molecule has 0 unspecified atom stereocenters. The van der Waals surface area contributed by atoms with Gasteiger partial charge in [-0.1, -0.05) is 29.8 Å². The highest BCUT2D eigenvalue weighted by atomic mass is 79.9. The van der Waals surface area contributed by atoms with Gasteiger partial charge < -0.3 is 9.47 Å². The molecule has 0 radical (unpaired) electrons. The number of methoxy groups -OCH3 is 1. The molecule has 4 atom stereocenters. The minimum absolute atomic E-state index is 0.130. The molecule has 0 aromatic carbocycles. The van der Waals surface area contributed by atoms with E-state index in [-0.39, 0.29) is 22.6 Å². The number of esters is 1. The van der Waals surface area contributed by atoms with E-state index in [2.05, 4.69) is 43.6 Å². The molecule has 1 saturated carbocycles. The lowest BCUT2D eigenvalue weighted by atomic mass is 9.58. The van der Waals surface area contributed by atoms with Gasteiger partial charge in [0.15, 0.2) is 0 Å². The van der Waals surface area contributed by atoms with E-state index < -0.39 is 0 Å². The molecule has 3 nitrogen and oxygen atoms in total. The molecule has 0 aromatic rings. The van der Waals surface area contributed by atoms with Gasteiger partial charge in [0.25, 0.3) is 0 Å². The van der Waals surface area contributed by atoms with Crippen LogP contribution in [0, 0.1) is 11.3 Å². The van der Waals surface area contributed by atoms with E-state index in [9.17, 15) is 4.79 Å². The molecule has 2 rings (SSSR count). The fourth-order valence-corrected chi connectivity index (χ4v) is 4.88. The summed E-state index contributed by atoms with van der Waals surface area (Å²) < 4.78 is 11.3. The molecule has 1 heterocycles. The number of rotatable bonds is 2. The number of hydrogen-bond donors (Lipinski definition) is 0. The van der Waals surface area contributed by atoms with Crippen molar-refractivity contribution in [2.45, 2.75) is 75.8 Å².